The van der Waals surface area contributed by atoms with E-state index in [2.05, 4.69) is 256 Å². The molecule has 1 aromatic heterocycles. The Morgan fingerprint density at radius 1 is 0.453 bits per heavy atom. The van der Waals surface area contributed by atoms with Crippen molar-refractivity contribution in [1.29, 1.82) is 0 Å². The van der Waals surface area contributed by atoms with Gasteiger partial charge >= 0.3 is 0 Å². The van der Waals surface area contributed by atoms with Crippen molar-refractivity contribution in [2.45, 2.75) is 143 Å². The topological polar surface area (TPSA) is 22.9 Å². The molecule has 0 atom stereocenters. The molecule has 0 saturated carbocycles. The molecular formula is C70H72BN3O. The summed E-state index contributed by atoms with van der Waals surface area (Å²) in [6, 6.07) is 58.4. The quantitative estimate of drug-likeness (QED) is 0.160. The summed E-state index contributed by atoms with van der Waals surface area (Å²) in [5.41, 5.74) is 26.4. The van der Waals surface area contributed by atoms with Gasteiger partial charge in [-0.15, -0.1) is 0 Å². The second-order valence-electron chi connectivity index (χ2n) is 26.4. The maximum absolute atomic E-state index is 6.55. The highest BCUT2D eigenvalue weighted by Gasteiger charge is 2.48. The molecular weight excluding hydrogens is 910 g/mol. The summed E-state index contributed by atoms with van der Waals surface area (Å²) < 4.78 is 6.55. The SMILES string of the molecule is Cc1ccccc1N(c1ccc2c(c1)N(c1ccc3oc4ccccc4c3c1)c1cc(C(C)(C)C)cc3c1B2c1cc2c(cc1N3c1ccc3c(c1)C(C)(C)CCC3(C)C)C(C)(C)CCC2(C)C)c1ccccc1C. The molecule has 0 bridgehead atoms. The first-order valence-electron chi connectivity index (χ1n) is 27.7. The summed E-state index contributed by atoms with van der Waals surface area (Å²) in [7, 11) is 0. The Balaban J connectivity index is 1.16. The normalized spacial score (nSPS) is 17.5. The number of para-hydroxylation sites is 3. The van der Waals surface area contributed by atoms with Crippen LogP contribution in [0, 0.1) is 13.8 Å². The third-order valence-electron chi connectivity index (χ3n) is 18.6. The van der Waals surface area contributed by atoms with E-state index in [9.17, 15) is 0 Å². The van der Waals surface area contributed by atoms with Crippen LogP contribution in [-0.2, 0) is 27.1 Å². The standard InChI is InChI=1S/C70H72BN3O/c1-43-20-14-17-23-57(43)72(58-24-18-15-21-44(58)2)48-27-30-55-59(40-48)73(46-28-31-64-50(38-46)49-22-16-19-25-63(49)75-64)61-36-45(66(3,4)5)37-62-65(61)71(55)56-41-53-54(70(12,13)35-34-69(53,10)11)42-60(56)74(62)47-26-29-51-52(39-47)68(8,9)33-32-67(51,6)7/h14-31,36-42H,32-35H2,1-13H3. The second-order valence-corrected chi connectivity index (χ2v) is 26.4. The van der Waals surface area contributed by atoms with Gasteiger partial charge in [0.2, 0.25) is 0 Å². The maximum atomic E-state index is 6.55. The molecule has 3 heterocycles. The fraction of sp³-hybridized carbons (Fsp3) is 0.314. The number of fused-ring (bicyclic) bond motifs is 9. The van der Waals surface area contributed by atoms with E-state index in [-0.39, 0.29) is 33.8 Å². The molecule has 0 spiro atoms. The smallest absolute Gasteiger partial charge is 0.252 e. The molecule has 8 aromatic carbocycles. The first kappa shape index (κ1) is 47.7. The molecule has 0 saturated heterocycles. The van der Waals surface area contributed by atoms with Crippen LogP contribution in [0.2, 0.25) is 0 Å². The number of benzene rings is 8. The Morgan fingerprint density at radius 2 is 0.960 bits per heavy atom. The summed E-state index contributed by atoms with van der Waals surface area (Å²) >= 11 is 0. The number of hydrogen-bond donors (Lipinski definition) is 0. The lowest BCUT2D eigenvalue weighted by Gasteiger charge is -2.48. The number of nitrogens with zero attached hydrogens (tertiary/aromatic N) is 3. The van der Waals surface area contributed by atoms with Crippen molar-refractivity contribution < 1.29 is 4.42 Å². The summed E-state index contributed by atoms with van der Waals surface area (Å²) in [6.45, 7) is 31.4. The van der Waals surface area contributed by atoms with Gasteiger partial charge in [0.25, 0.3) is 6.71 Å². The van der Waals surface area contributed by atoms with E-state index in [1.807, 2.05) is 0 Å². The average Bonchev–Trinajstić information content (AvgIpc) is 3.76. The Morgan fingerprint density at radius 3 is 1.57 bits per heavy atom. The van der Waals surface area contributed by atoms with E-state index in [1.54, 1.807) is 0 Å². The van der Waals surface area contributed by atoms with E-state index >= 15 is 0 Å². The minimum atomic E-state index is -0.165. The van der Waals surface area contributed by atoms with Crippen molar-refractivity contribution >= 4 is 96.2 Å². The van der Waals surface area contributed by atoms with Crippen molar-refractivity contribution in [2.24, 2.45) is 0 Å². The molecule has 0 radical (unpaired) electrons. The molecule has 0 N–H and O–H groups in total. The predicted octanol–water partition coefficient (Wildman–Crippen LogP) is 17.8. The van der Waals surface area contributed by atoms with Crippen LogP contribution in [-0.4, -0.2) is 6.71 Å². The van der Waals surface area contributed by atoms with Crippen molar-refractivity contribution in [3.63, 3.8) is 0 Å². The molecule has 376 valence electrons. The van der Waals surface area contributed by atoms with E-state index < -0.39 is 0 Å². The Hall–Kier alpha value is -6.98. The molecule has 4 nitrogen and oxygen atoms in total. The van der Waals surface area contributed by atoms with Gasteiger partial charge in [0.05, 0.1) is 0 Å². The van der Waals surface area contributed by atoms with Crippen LogP contribution in [0.1, 0.15) is 141 Å². The molecule has 75 heavy (non-hydrogen) atoms. The first-order chi connectivity index (χ1) is 35.6. The van der Waals surface area contributed by atoms with Crippen LogP contribution in [0.25, 0.3) is 21.9 Å². The highest BCUT2D eigenvalue weighted by Crippen LogP contribution is 2.54. The van der Waals surface area contributed by atoms with Gasteiger partial charge < -0.3 is 19.1 Å². The number of hydrogen-bond acceptors (Lipinski definition) is 4. The van der Waals surface area contributed by atoms with Gasteiger partial charge in [-0.05, 0) is 201 Å². The average molecular weight is 982 g/mol. The third kappa shape index (κ3) is 7.30. The minimum absolute atomic E-state index is 0.0170. The molecule has 9 aromatic rings. The summed E-state index contributed by atoms with van der Waals surface area (Å²) in [6.07, 6.45) is 4.65. The zero-order valence-electron chi connectivity index (χ0n) is 46.6. The molecule has 5 heteroatoms. The monoisotopic (exact) mass is 982 g/mol. The van der Waals surface area contributed by atoms with Crippen LogP contribution in [0.3, 0.4) is 0 Å². The van der Waals surface area contributed by atoms with Gasteiger partial charge in [0, 0.05) is 62.0 Å². The molecule has 2 aliphatic carbocycles. The molecule has 0 amide bonds. The van der Waals surface area contributed by atoms with Crippen LogP contribution in [0.5, 0.6) is 0 Å². The molecule has 0 fully saturated rings. The van der Waals surface area contributed by atoms with Gasteiger partial charge in [0.15, 0.2) is 0 Å². The molecule has 13 rings (SSSR count). The van der Waals surface area contributed by atoms with E-state index in [1.165, 1.54) is 102 Å². The fourth-order valence-electron chi connectivity index (χ4n) is 13.8. The molecule has 4 aliphatic rings. The van der Waals surface area contributed by atoms with E-state index in [0.717, 1.165) is 52.6 Å². The van der Waals surface area contributed by atoms with Crippen molar-refractivity contribution in [1.82, 2.24) is 0 Å². The lowest BCUT2D eigenvalue weighted by atomic mass is 9.33. The Labute approximate surface area is 446 Å². The maximum Gasteiger partial charge on any atom is 0.252 e. The van der Waals surface area contributed by atoms with Crippen LogP contribution >= 0.6 is 0 Å². The van der Waals surface area contributed by atoms with Crippen molar-refractivity contribution in [2.75, 3.05) is 14.7 Å². The molecule has 2 aliphatic heterocycles. The number of rotatable bonds is 5. The van der Waals surface area contributed by atoms with Crippen LogP contribution < -0.4 is 31.1 Å². The van der Waals surface area contributed by atoms with Gasteiger partial charge in [-0.1, -0.05) is 149 Å². The number of aryl methyl sites for hydroxylation is 2. The largest absolute Gasteiger partial charge is 0.456 e. The highest BCUT2D eigenvalue weighted by atomic mass is 16.3. The zero-order valence-corrected chi connectivity index (χ0v) is 46.6. The van der Waals surface area contributed by atoms with Gasteiger partial charge in [-0.2, -0.15) is 0 Å². The Bertz CT molecular complexity index is 3800. The highest BCUT2D eigenvalue weighted by molar-refractivity contribution is 7.00. The predicted molar refractivity (Wildman–Crippen MR) is 321 cm³/mol. The summed E-state index contributed by atoms with van der Waals surface area (Å²) in [4.78, 5) is 7.81. The third-order valence-corrected chi connectivity index (χ3v) is 18.6. The van der Waals surface area contributed by atoms with Crippen LogP contribution in [0.15, 0.2) is 156 Å². The summed E-state index contributed by atoms with van der Waals surface area (Å²) in [5.74, 6) is 0. The van der Waals surface area contributed by atoms with Gasteiger partial charge in [-0.3, -0.25) is 0 Å². The van der Waals surface area contributed by atoms with Crippen molar-refractivity contribution in [3.8, 4) is 0 Å². The van der Waals surface area contributed by atoms with E-state index in [4.69, 9.17) is 4.42 Å². The lowest BCUT2D eigenvalue weighted by Crippen LogP contribution is -2.62. The zero-order chi connectivity index (χ0) is 52.3. The fourth-order valence-corrected chi connectivity index (χ4v) is 13.8. The Kier molecular flexibility index (Phi) is 10.3. The van der Waals surface area contributed by atoms with Gasteiger partial charge in [-0.25, -0.2) is 0 Å². The van der Waals surface area contributed by atoms with E-state index in [0.29, 0.717) is 0 Å². The lowest BCUT2D eigenvalue weighted by molar-refractivity contribution is 0.332. The number of furan rings is 1. The second kappa shape index (κ2) is 16.3. The summed E-state index contributed by atoms with van der Waals surface area (Å²) in [5, 5.41) is 2.25. The van der Waals surface area contributed by atoms with Crippen molar-refractivity contribution in [3.05, 3.63) is 191 Å². The van der Waals surface area contributed by atoms with Gasteiger partial charge in [0.1, 0.15) is 11.2 Å². The first-order valence-corrected chi connectivity index (χ1v) is 27.7. The minimum Gasteiger partial charge on any atom is -0.456 e. The van der Waals surface area contributed by atoms with Crippen LogP contribution in [0.4, 0.5) is 51.2 Å². The number of anilines is 9. The molecule has 0 unspecified atom stereocenters.